The highest BCUT2D eigenvalue weighted by molar-refractivity contribution is 6.30. The van der Waals surface area contributed by atoms with E-state index in [-0.39, 0.29) is 10.9 Å². The Morgan fingerprint density at radius 1 is 1.24 bits per heavy atom. The zero-order valence-corrected chi connectivity index (χ0v) is 12.0. The summed E-state index contributed by atoms with van der Waals surface area (Å²) < 4.78 is 13.5. The number of benzene rings is 2. The van der Waals surface area contributed by atoms with Gasteiger partial charge in [-0.2, -0.15) is 0 Å². The molecule has 21 heavy (non-hydrogen) atoms. The monoisotopic (exact) mass is 304 g/mol. The van der Waals surface area contributed by atoms with E-state index in [2.05, 4.69) is 0 Å². The lowest BCUT2D eigenvalue weighted by atomic mass is 9.98. The second kappa shape index (κ2) is 5.37. The van der Waals surface area contributed by atoms with Crippen LogP contribution in [0.2, 0.25) is 5.02 Å². The van der Waals surface area contributed by atoms with Crippen LogP contribution >= 0.6 is 11.6 Å². The molecule has 0 saturated heterocycles. The highest BCUT2D eigenvalue weighted by Crippen LogP contribution is 2.23. The Labute approximate surface area is 127 Å². The number of hydrogen-bond acceptors (Lipinski definition) is 2. The average Bonchev–Trinajstić information content (AvgIpc) is 2.46. The lowest BCUT2D eigenvalue weighted by Crippen LogP contribution is -2.37. The minimum atomic E-state index is -0.469. The molecule has 0 saturated carbocycles. The maximum absolute atomic E-state index is 13.5. The van der Waals surface area contributed by atoms with E-state index in [0.717, 1.165) is 17.5 Å². The van der Waals surface area contributed by atoms with E-state index in [1.807, 2.05) is 6.07 Å². The molecule has 0 bridgehead atoms. The summed E-state index contributed by atoms with van der Waals surface area (Å²) >= 11 is 5.67. The molecule has 3 rings (SSSR count). The van der Waals surface area contributed by atoms with Crippen molar-refractivity contribution in [3.05, 3.63) is 63.9 Å². The summed E-state index contributed by atoms with van der Waals surface area (Å²) in [6, 6.07) is 10.00. The quantitative estimate of drug-likeness (QED) is 0.866. The van der Waals surface area contributed by atoms with Gasteiger partial charge in [0.2, 0.25) is 0 Å². The van der Waals surface area contributed by atoms with E-state index in [9.17, 15) is 9.18 Å². The average molecular weight is 305 g/mol. The number of amides is 1. The van der Waals surface area contributed by atoms with Crippen LogP contribution in [0.25, 0.3) is 0 Å². The van der Waals surface area contributed by atoms with Crippen LogP contribution in [-0.4, -0.2) is 17.4 Å². The van der Waals surface area contributed by atoms with Crippen molar-refractivity contribution in [3.63, 3.8) is 0 Å². The summed E-state index contributed by atoms with van der Waals surface area (Å²) in [4.78, 5) is 14.2. The van der Waals surface area contributed by atoms with Gasteiger partial charge in [-0.05, 0) is 41.8 Å². The highest BCUT2D eigenvalue weighted by atomic mass is 35.5. The van der Waals surface area contributed by atoms with Gasteiger partial charge in [0.25, 0.3) is 5.91 Å². The molecule has 0 radical (unpaired) electrons. The fraction of sp³-hybridized carbons (Fsp3) is 0.188. The summed E-state index contributed by atoms with van der Waals surface area (Å²) in [5.41, 5.74) is 8.68. The van der Waals surface area contributed by atoms with Crippen molar-refractivity contribution in [2.45, 2.75) is 13.0 Å². The molecule has 0 unspecified atom stereocenters. The van der Waals surface area contributed by atoms with Gasteiger partial charge in [0.05, 0.1) is 5.02 Å². The fourth-order valence-corrected chi connectivity index (χ4v) is 2.67. The third-order valence-corrected chi connectivity index (χ3v) is 3.97. The molecule has 2 aromatic carbocycles. The molecule has 0 aromatic heterocycles. The maximum Gasteiger partial charge on any atom is 0.254 e. The first-order chi connectivity index (χ1) is 10.0. The third-order valence-electron chi connectivity index (χ3n) is 3.66. The zero-order valence-electron chi connectivity index (χ0n) is 11.3. The Bertz CT molecular complexity index is 717. The fourth-order valence-electron chi connectivity index (χ4n) is 2.55. The lowest BCUT2D eigenvalue weighted by molar-refractivity contribution is 0.0727. The predicted molar refractivity (Wildman–Crippen MR) is 80.7 cm³/mol. The predicted octanol–water partition coefficient (Wildman–Crippen LogP) is 3.26. The molecular weight excluding hydrogens is 291 g/mol. The molecule has 2 aromatic rings. The first-order valence-electron chi connectivity index (χ1n) is 6.66. The molecular formula is C16H14ClFN2O. The molecule has 2 N–H and O–H groups in total. The number of nitrogens with zero attached hydrogens (tertiary/aromatic N) is 1. The van der Waals surface area contributed by atoms with E-state index in [4.69, 9.17) is 17.3 Å². The van der Waals surface area contributed by atoms with Crippen molar-refractivity contribution in [3.8, 4) is 0 Å². The molecule has 1 heterocycles. The maximum atomic E-state index is 13.5. The van der Waals surface area contributed by atoms with E-state index >= 15 is 0 Å². The molecule has 1 aliphatic rings. The van der Waals surface area contributed by atoms with Gasteiger partial charge in [-0.15, -0.1) is 0 Å². The van der Waals surface area contributed by atoms with Crippen LogP contribution in [0.4, 0.5) is 10.1 Å². The van der Waals surface area contributed by atoms with E-state index < -0.39 is 5.82 Å². The Hall–Kier alpha value is -2.07. The number of nitrogen functional groups attached to an aromatic ring is 1. The molecule has 0 aliphatic carbocycles. The normalized spacial score (nSPS) is 14.2. The minimum Gasteiger partial charge on any atom is -0.399 e. The Morgan fingerprint density at radius 3 is 2.81 bits per heavy atom. The number of rotatable bonds is 2. The van der Waals surface area contributed by atoms with Crippen molar-refractivity contribution < 1.29 is 9.18 Å². The standard InChI is InChI=1S/C16H14ClFN2O/c17-14-4-1-10(7-15(14)18)9-20-6-5-11-2-3-12(19)8-13(11)16(20)21/h1-4,7-8H,5-6,9,19H2. The molecule has 3 nitrogen and oxygen atoms in total. The van der Waals surface area contributed by atoms with E-state index in [1.54, 1.807) is 23.1 Å². The molecule has 0 fully saturated rings. The Morgan fingerprint density at radius 2 is 2.05 bits per heavy atom. The molecule has 5 heteroatoms. The largest absolute Gasteiger partial charge is 0.399 e. The van der Waals surface area contributed by atoms with Crippen LogP contribution in [0.5, 0.6) is 0 Å². The van der Waals surface area contributed by atoms with Crippen LogP contribution in [0.3, 0.4) is 0 Å². The number of fused-ring (bicyclic) bond motifs is 1. The van der Waals surface area contributed by atoms with Gasteiger partial charge in [-0.3, -0.25) is 4.79 Å². The summed E-state index contributed by atoms with van der Waals surface area (Å²) in [6.45, 7) is 0.973. The van der Waals surface area contributed by atoms with Gasteiger partial charge in [-0.1, -0.05) is 23.7 Å². The van der Waals surface area contributed by atoms with Crippen molar-refractivity contribution in [2.75, 3.05) is 12.3 Å². The highest BCUT2D eigenvalue weighted by Gasteiger charge is 2.24. The van der Waals surface area contributed by atoms with Gasteiger partial charge >= 0.3 is 0 Å². The van der Waals surface area contributed by atoms with Crippen LogP contribution < -0.4 is 5.73 Å². The van der Waals surface area contributed by atoms with Gasteiger partial charge in [-0.25, -0.2) is 4.39 Å². The number of carbonyl (C=O) groups excluding carboxylic acids is 1. The van der Waals surface area contributed by atoms with E-state index in [0.29, 0.717) is 24.3 Å². The second-order valence-electron chi connectivity index (χ2n) is 5.14. The first kappa shape index (κ1) is 13.9. The molecule has 1 amide bonds. The van der Waals surface area contributed by atoms with Gasteiger partial charge in [0, 0.05) is 24.3 Å². The lowest BCUT2D eigenvalue weighted by Gasteiger charge is -2.29. The smallest absolute Gasteiger partial charge is 0.254 e. The number of carbonyl (C=O) groups is 1. The topological polar surface area (TPSA) is 46.3 Å². The first-order valence-corrected chi connectivity index (χ1v) is 7.04. The second-order valence-corrected chi connectivity index (χ2v) is 5.55. The van der Waals surface area contributed by atoms with Crippen molar-refractivity contribution in [1.82, 2.24) is 4.90 Å². The molecule has 1 aliphatic heterocycles. The van der Waals surface area contributed by atoms with Crippen LogP contribution in [0.1, 0.15) is 21.5 Å². The summed E-state index contributed by atoms with van der Waals surface area (Å²) in [6.07, 6.45) is 0.775. The summed E-state index contributed by atoms with van der Waals surface area (Å²) in [5.74, 6) is -0.540. The SMILES string of the molecule is Nc1ccc2c(c1)C(=O)N(Cc1ccc(Cl)c(F)c1)CC2. The van der Waals surface area contributed by atoms with Gasteiger partial charge < -0.3 is 10.6 Å². The van der Waals surface area contributed by atoms with Crippen molar-refractivity contribution >= 4 is 23.2 Å². The van der Waals surface area contributed by atoms with Gasteiger partial charge in [0.15, 0.2) is 0 Å². The molecule has 0 spiro atoms. The minimum absolute atomic E-state index is 0.0705. The molecule has 0 atom stereocenters. The van der Waals surface area contributed by atoms with E-state index in [1.165, 1.54) is 12.1 Å². The van der Waals surface area contributed by atoms with Crippen LogP contribution in [0, 0.1) is 5.82 Å². The number of hydrogen-bond donors (Lipinski definition) is 1. The third kappa shape index (κ3) is 2.72. The van der Waals surface area contributed by atoms with Gasteiger partial charge in [0.1, 0.15) is 5.82 Å². The Kier molecular flexibility index (Phi) is 3.55. The zero-order chi connectivity index (χ0) is 15.0. The van der Waals surface area contributed by atoms with Crippen LogP contribution in [-0.2, 0) is 13.0 Å². The summed E-state index contributed by atoms with van der Waals surface area (Å²) in [7, 11) is 0. The summed E-state index contributed by atoms with van der Waals surface area (Å²) in [5, 5.41) is 0.0850. The van der Waals surface area contributed by atoms with Crippen molar-refractivity contribution in [1.29, 1.82) is 0 Å². The number of nitrogens with two attached hydrogens (primary N) is 1. The van der Waals surface area contributed by atoms with Crippen LogP contribution in [0.15, 0.2) is 36.4 Å². The Balaban J connectivity index is 1.84. The number of anilines is 1. The number of halogens is 2. The van der Waals surface area contributed by atoms with Crippen molar-refractivity contribution in [2.24, 2.45) is 0 Å². The molecule has 108 valence electrons.